The minimum atomic E-state index is -0.942. The van der Waals surface area contributed by atoms with Crippen LogP contribution in [-0.2, 0) is 9.47 Å². The molecule has 1 heterocycles. The highest BCUT2D eigenvalue weighted by Gasteiger charge is 2.62. The molecule has 190 valence electrons. The lowest BCUT2D eigenvalue weighted by molar-refractivity contribution is -0.102. The Bertz CT molecular complexity index is 863. The van der Waals surface area contributed by atoms with Crippen LogP contribution in [0.15, 0.2) is 23.3 Å². The van der Waals surface area contributed by atoms with Gasteiger partial charge in [-0.25, -0.2) is 4.79 Å². The number of nitrogens with zero attached hydrogens (tertiary/aromatic N) is 1. The smallest absolute Gasteiger partial charge is 0.409 e. The van der Waals surface area contributed by atoms with E-state index in [-0.39, 0.29) is 29.1 Å². The molecule has 3 saturated carbocycles. The van der Waals surface area contributed by atoms with E-state index in [1.807, 2.05) is 6.92 Å². The van der Waals surface area contributed by atoms with E-state index < -0.39 is 5.60 Å². The molecule has 0 aromatic rings. The second-order valence-electron chi connectivity index (χ2n) is 12.0. The van der Waals surface area contributed by atoms with Gasteiger partial charge in [-0.1, -0.05) is 37.1 Å². The Balaban J connectivity index is 1.39. The van der Waals surface area contributed by atoms with Gasteiger partial charge in [-0.15, -0.1) is 0 Å². The molecule has 0 aromatic carbocycles. The predicted molar refractivity (Wildman–Crippen MR) is 130 cm³/mol. The SMILES string of the molecule is CCOC(=O)N(CC1CCCO1)CC1(O)CCC2C3=CC=C4CC(O)CCC4(C)C3CCC21C. The van der Waals surface area contributed by atoms with E-state index in [9.17, 15) is 15.0 Å². The first-order valence-corrected chi connectivity index (χ1v) is 13.5. The summed E-state index contributed by atoms with van der Waals surface area (Å²) in [5.41, 5.74) is 1.81. The topological polar surface area (TPSA) is 79.2 Å². The predicted octanol–water partition coefficient (Wildman–Crippen LogP) is 4.60. The Kier molecular flexibility index (Phi) is 6.39. The van der Waals surface area contributed by atoms with E-state index >= 15 is 0 Å². The summed E-state index contributed by atoms with van der Waals surface area (Å²) in [7, 11) is 0. The van der Waals surface area contributed by atoms with Crippen LogP contribution in [0.25, 0.3) is 0 Å². The lowest BCUT2D eigenvalue weighted by atomic mass is 9.50. The van der Waals surface area contributed by atoms with Crippen LogP contribution in [0.1, 0.15) is 78.6 Å². The summed E-state index contributed by atoms with van der Waals surface area (Å²) in [6, 6.07) is 0. The molecule has 1 amide bonds. The molecule has 5 rings (SSSR count). The minimum absolute atomic E-state index is 0.0277. The largest absolute Gasteiger partial charge is 0.450 e. The van der Waals surface area contributed by atoms with Crippen LogP contribution in [-0.4, -0.2) is 65.3 Å². The maximum atomic E-state index is 12.9. The number of aliphatic hydroxyl groups excluding tert-OH is 1. The fourth-order valence-corrected chi connectivity index (χ4v) is 8.12. The van der Waals surface area contributed by atoms with Crippen molar-refractivity contribution in [3.05, 3.63) is 23.3 Å². The van der Waals surface area contributed by atoms with Gasteiger partial charge >= 0.3 is 6.09 Å². The molecular weight excluding hydrogens is 430 g/mol. The van der Waals surface area contributed by atoms with Crippen LogP contribution in [0.4, 0.5) is 4.79 Å². The van der Waals surface area contributed by atoms with Gasteiger partial charge in [-0.05, 0) is 82.0 Å². The Labute approximate surface area is 204 Å². The van der Waals surface area contributed by atoms with Gasteiger partial charge in [-0.2, -0.15) is 0 Å². The molecule has 1 aliphatic heterocycles. The molecular formula is C28H43NO5. The number of hydrogen-bond donors (Lipinski definition) is 2. The molecule has 6 heteroatoms. The van der Waals surface area contributed by atoms with E-state index in [0.717, 1.165) is 58.0 Å². The average Bonchev–Trinajstić information content (AvgIpc) is 3.40. The van der Waals surface area contributed by atoms with E-state index in [1.165, 1.54) is 11.1 Å². The number of allylic oxidation sites excluding steroid dienone is 3. The summed E-state index contributed by atoms with van der Waals surface area (Å²) >= 11 is 0. The molecule has 7 atom stereocenters. The van der Waals surface area contributed by atoms with E-state index in [4.69, 9.17) is 9.47 Å². The van der Waals surface area contributed by atoms with Crippen LogP contribution < -0.4 is 0 Å². The molecule has 4 fully saturated rings. The number of aliphatic hydroxyl groups is 2. The van der Waals surface area contributed by atoms with E-state index in [1.54, 1.807) is 4.90 Å². The van der Waals surface area contributed by atoms with Crippen LogP contribution in [0.5, 0.6) is 0 Å². The highest BCUT2D eigenvalue weighted by molar-refractivity contribution is 5.67. The van der Waals surface area contributed by atoms with Gasteiger partial charge in [0.15, 0.2) is 0 Å². The van der Waals surface area contributed by atoms with Gasteiger partial charge in [0.05, 0.1) is 37.5 Å². The maximum Gasteiger partial charge on any atom is 0.409 e. The molecule has 4 aliphatic carbocycles. The van der Waals surface area contributed by atoms with Crippen molar-refractivity contribution in [3.63, 3.8) is 0 Å². The van der Waals surface area contributed by atoms with Crippen LogP contribution in [0.2, 0.25) is 0 Å². The molecule has 34 heavy (non-hydrogen) atoms. The lowest BCUT2D eigenvalue weighted by Gasteiger charge is -2.56. The first kappa shape index (κ1) is 24.3. The zero-order valence-electron chi connectivity index (χ0n) is 21.2. The van der Waals surface area contributed by atoms with Gasteiger partial charge in [-0.3, -0.25) is 0 Å². The van der Waals surface area contributed by atoms with Crippen molar-refractivity contribution >= 4 is 6.09 Å². The molecule has 0 bridgehead atoms. The fourth-order valence-electron chi connectivity index (χ4n) is 8.12. The number of amides is 1. The van der Waals surface area contributed by atoms with Crippen molar-refractivity contribution in [2.45, 2.75) is 96.4 Å². The Morgan fingerprint density at radius 2 is 1.94 bits per heavy atom. The second kappa shape index (κ2) is 8.94. The van der Waals surface area contributed by atoms with Gasteiger partial charge in [0.2, 0.25) is 0 Å². The third-order valence-corrected chi connectivity index (χ3v) is 10.3. The number of hydrogen-bond acceptors (Lipinski definition) is 5. The molecule has 5 aliphatic rings. The molecule has 6 nitrogen and oxygen atoms in total. The fraction of sp³-hybridized carbons (Fsp3) is 0.821. The summed E-state index contributed by atoms with van der Waals surface area (Å²) in [5.74, 6) is 0.818. The first-order valence-electron chi connectivity index (χ1n) is 13.5. The average molecular weight is 474 g/mol. The summed E-state index contributed by atoms with van der Waals surface area (Å²) in [4.78, 5) is 14.6. The summed E-state index contributed by atoms with van der Waals surface area (Å²) in [6.07, 6.45) is 12.4. The highest BCUT2D eigenvalue weighted by Crippen LogP contribution is 2.66. The van der Waals surface area contributed by atoms with Crippen molar-refractivity contribution in [1.82, 2.24) is 4.90 Å². The zero-order chi connectivity index (χ0) is 24.1. The minimum Gasteiger partial charge on any atom is -0.450 e. The monoisotopic (exact) mass is 473 g/mol. The standard InChI is InChI=1S/C28H43NO5/c1-4-33-25(31)29(17-21-6-5-15-34-21)18-28(32)14-11-24-22-8-7-19-16-20(30)9-12-26(19,2)23(22)10-13-27(24,28)3/h7-8,20-21,23-24,30,32H,4-6,9-18H2,1-3H3. The van der Waals surface area contributed by atoms with Gasteiger partial charge in [0, 0.05) is 12.0 Å². The number of carbonyl (C=O) groups excluding carboxylic acids is 1. The van der Waals surface area contributed by atoms with Crippen molar-refractivity contribution in [1.29, 1.82) is 0 Å². The Morgan fingerprint density at radius 3 is 2.68 bits per heavy atom. The number of ether oxygens (including phenoxy) is 2. The molecule has 7 unspecified atom stereocenters. The molecule has 0 spiro atoms. The summed E-state index contributed by atoms with van der Waals surface area (Å²) in [5, 5.41) is 22.4. The molecule has 2 N–H and O–H groups in total. The first-order chi connectivity index (χ1) is 16.2. The summed E-state index contributed by atoms with van der Waals surface area (Å²) in [6.45, 7) is 8.34. The van der Waals surface area contributed by atoms with Crippen LogP contribution >= 0.6 is 0 Å². The highest BCUT2D eigenvalue weighted by atomic mass is 16.6. The molecule has 0 radical (unpaired) electrons. The van der Waals surface area contributed by atoms with Crippen molar-refractivity contribution in [2.75, 3.05) is 26.3 Å². The van der Waals surface area contributed by atoms with Gasteiger partial charge in [0.25, 0.3) is 0 Å². The van der Waals surface area contributed by atoms with Gasteiger partial charge < -0.3 is 24.6 Å². The Hall–Kier alpha value is -1.37. The van der Waals surface area contributed by atoms with Crippen LogP contribution in [0.3, 0.4) is 0 Å². The number of rotatable bonds is 5. The van der Waals surface area contributed by atoms with E-state index in [0.29, 0.717) is 38.0 Å². The lowest BCUT2D eigenvalue weighted by Crippen LogP contribution is -2.57. The molecule has 0 aromatic heterocycles. The van der Waals surface area contributed by atoms with Crippen molar-refractivity contribution in [3.8, 4) is 0 Å². The van der Waals surface area contributed by atoms with E-state index in [2.05, 4.69) is 26.0 Å². The Morgan fingerprint density at radius 1 is 1.15 bits per heavy atom. The summed E-state index contributed by atoms with van der Waals surface area (Å²) < 4.78 is 11.2. The van der Waals surface area contributed by atoms with Gasteiger partial charge in [0.1, 0.15) is 0 Å². The molecule has 1 saturated heterocycles. The second-order valence-corrected chi connectivity index (χ2v) is 12.0. The van der Waals surface area contributed by atoms with Crippen LogP contribution in [0, 0.1) is 22.7 Å². The quantitative estimate of drug-likeness (QED) is 0.610. The third-order valence-electron chi connectivity index (χ3n) is 10.3. The maximum absolute atomic E-state index is 12.9. The van der Waals surface area contributed by atoms with Crippen molar-refractivity contribution < 1.29 is 24.5 Å². The third kappa shape index (κ3) is 3.84. The normalized spacial score (nSPS) is 43.3. The number of fused-ring (bicyclic) bond motifs is 5. The zero-order valence-corrected chi connectivity index (χ0v) is 21.2. The van der Waals surface area contributed by atoms with Crippen molar-refractivity contribution in [2.24, 2.45) is 22.7 Å². The number of carbonyl (C=O) groups is 1.